The number of ether oxygens (including phenoxy) is 2. The van der Waals surface area contributed by atoms with E-state index in [1.54, 1.807) is 13.1 Å². The second-order valence-corrected chi connectivity index (χ2v) is 6.11. The van der Waals surface area contributed by atoms with Crippen LogP contribution in [0.3, 0.4) is 0 Å². The normalized spacial score (nSPS) is 15.7. The standard InChI is InChI=1S/C16H22BrNO3/c1-18-16(19)14-8-7-12(17)11-15(14)21-10-9-20-13-5-3-2-4-6-13/h7-8,11,13H,2-6,9-10H2,1H3,(H,18,19). The van der Waals surface area contributed by atoms with E-state index in [2.05, 4.69) is 21.2 Å². The highest BCUT2D eigenvalue weighted by Gasteiger charge is 2.14. The molecule has 0 unspecified atom stereocenters. The maximum Gasteiger partial charge on any atom is 0.254 e. The molecule has 1 aliphatic carbocycles. The summed E-state index contributed by atoms with van der Waals surface area (Å²) < 4.78 is 12.4. The zero-order valence-electron chi connectivity index (χ0n) is 12.4. The summed E-state index contributed by atoms with van der Waals surface area (Å²) in [5, 5.41) is 2.62. The molecule has 1 aliphatic rings. The lowest BCUT2D eigenvalue weighted by Crippen LogP contribution is -2.21. The van der Waals surface area contributed by atoms with Gasteiger partial charge in [0.15, 0.2) is 0 Å². The predicted molar refractivity (Wildman–Crippen MR) is 85.9 cm³/mol. The molecule has 2 rings (SSSR count). The van der Waals surface area contributed by atoms with E-state index >= 15 is 0 Å². The summed E-state index contributed by atoms with van der Waals surface area (Å²) in [7, 11) is 1.61. The third-order valence-corrected chi connectivity index (χ3v) is 4.16. The predicted octanol–water partition coefficient (Wildman–Crippen LogP) is 3.54. The van der Waals surface area contributed by atoms with Crippen molar-refractivity contribution in [3.63, 3.8) is 0 Å². The lowest BCUT2D eigenvalue weighted by atomic mass is 9.98. The van der Waals surface area contributed by atoms with Crippen molar-refractivity contribution < 1.29 is 14.3 Å². The van der Waals surface area contributed by atoms with Crippen LogP contribution in [0.4, 0.5) is 0 Å². The second-order valence-electron chi connectivity index (χ2n) is 5.20. The van der Waals surface area contributed by atoms with Crippen LogP contribution in [0.1, 0.15) is 42.5 Å². The molecule has 0 radical (unpaired) electrons. The smallest absolute Gasteiger partial charge is 0.254 e. The topological polar surface area (TPSA) is 47.6 Å². The van der Waals surface area contributed by atoms with Crippen LogP contribution in [0.25, 0.3) is 0 Å². The molecule has 0 aromatic heterocycles. The summed E-state index contributed by atoms with van der Waals surface area (Å²) in [6, 6.07) is 5.39. The highest BCUT2D eigenvalue weighted by molar-refractivity contribution is 9.10. The number of nitrogens with one attached hydrogen (secondary N) is 1. The molecule has 0 heterocycles. The van der Waals surface area contributed by atoms with Crippen molar-refractivity contribution in [3.05, 3.63) is 28.2 Å². The Morgan fingerprint density at radius 2 is 2.05 bits per heavy atom. The Morgan fingerprint density at radius 1 is 1.29 bits per heavy atom. The van der Waals surface area contributed by atoms with Gasteiger partial charge in [-0.15, -0.1) is 0 Å². The van der Waals surface area contributed by atoms with Gasteiger partial charge < -0.3 is 14.8 Å². The molecule has 0 atom stereocenters. The Kier molecular flexibility index (Phi) is 6.51. The Morgan fingerprint density at radius 3 is 2.76 bits per heavy atom. The van der Waals surface area contributed by atoms with Gasteiger partial charge in [0.25, 0.3) is 5.91 Å². The minimum absolute atomic E-state index is 0.148. The van der Waals surface area contributed by atoms with Gasteiger partial charge in [0.1, 0.15) is 12.4 Å². The number of rotatable bonds is 6. The zero-order chi connectivity index (χ0) is 15.1. The SMILES string of the molecule is CNC(=O)c1ccc(Br)cc1OCCOC1CCCCC1. The molecule has 1 aromatic carbocycles. The average molecular weight is 356 g/mol. The van der Waals surface area contributed by atoms with E-state index in [4.69, 9.17) is 9.47 Å². The van der Waals surface area contributed by atoms with Crippen molar-refractivity contribution in [2.24, 2.45) is 0 Å². The molecule has 116 valence electrons. The van der Waals surface area contributed by atoms with Gasteiger partial charge in [-0.3, -0.25) is 4.79 Å². The quantitative estimate of drug-likeness (QED) is 0.794. The molecule has 1 amide bonds. The van der Waals surface area contributed by atoms with Crippen molar-refractivity contribution in [2.45, 2.75) is 38.2 Å². The summed E-state index contributed by atoms with van der Waals surface area (Å²) in [6.45, 7) is 1.02. The lowest BCUT2D eigenvalue weighted by Gasteiger charge is -2.22. The molecular formula is C16H22BrNO3. The van der Waals surface area contributed by atoms with Crippen LogP contribution in [-0.2, 0) is 4.74 Å². The molecule has 21 heavy (non-hydrogen) atoms. The highest BCUT2D eigenvalue weighted by Crippen LogP contribution is 2.24. The Balaban J connectivity index is 1.84. The lowest BCUT2D eigenvalue weighted by molar-refractivity contribution is 0.0128. The van der Waals surface area contributed by atoms with Gasteiger partial charge in [-0.25, -0.2) is 0 Å². The molecule has 0 spiro atoms. The molecule has 4 nitrogen and oxygen atoms in total. The molecule has 1 fully saturated rings. The Hall–Kier alpha value is -1.07. The van der Waals surface area contributed by atoms with Crippen LogP contribution in [0, 0.1) is 0 Å². The first-order valence-electron chi connectivity index (χ1n) is 7.46. The molecule has 0 bridgehead atoms. The summed E-state index contributed by atoms with van der Waals surface area (Å²) in [6.07, 6.45) is 6.53. The van der Waals surface area contributed by atoms with E-state index in [-0.39, 0.29) is 5.91 Å². The molecule has 1 N–H and O–H groups in total. The third-order valence-electron chi connectivity index (χ3n) is 3.66. The molecule has 0 aliphatic heterocycles. The van der Waals surface area contributed by atoms with E-state index in [1.807, 2.05) is 12.1 Å². The van der Waals surface area contributed by atoms with Crippen molar-refractivity contribution in [2.75, 3.05) is 20.3 Å². The van der Waals surface area contributed by atoms with Gasteiger partial charge in [0.2, 0.25) is 0 Å². The van der Waals surface area contributed by atoms with Crippen LogP contribution in [0.5, 0.6) is 5.75 Å². The molecule has 5 heteroatoms. The number of halogens is 1. The van der Waals surface area contributed by atoms with Gasteiger partial charge in [0, 0.05) is 11.5 Å². The fourth-order valence-electron chi connectivity index (χ4n) is 2.54. The largest absolute Gasteiger partial charge is 0.490 e. The first kappa shape index (κ1) is 16.3. The van der Waals surface area contributed by atoms with Crippen LogP contribution in [-0.4, -0.2) is 32.3 Å². The van der Waals surface area contributed by atoms with Gasteiger partial charge >= 0.3 is 0 Å². The van der Waals surface area contributed by atoms with Crippen LogP contribution in [0.2, 0.25) is 0 Å². The van der Waals surface area contributed by atoms with Crippen molar-refractivity contribution in [1.82, 2.24) is 5.32 Å². The maximum atomic E-state index is 11.8. The number of carbonyl (C=O) groups excluding carboxylic acids is 1. The maximum absolute atomic E-state index is 11.8. The Bertz CT molecular complexity index is 473. The van der Waals surface area contributed by atoms with Gasteiger partial charge in [0.05, 0.1) is 18.3 Å². The van der Waals surface area contributed by atoms with Crippen LogP contribution < -0.4 is 10.1 Å². The summed E-state index contributed by atoms with van der Waals surface area (Å²) in [5.74, 6) is 0.432. The molecule has 0 saturated heterocycles. The van der Waals surface area contributed by atoms with E-state index in [1.165, 1.54) is 19.3 Å². The number of benzene rings is 1. The van der Waals surface area contributed by atoms with Crippen molar-refractivity contribution in [3.8, 4) is 5.75 Å². The number of hydrogen-bond acceptors (Lipinski definition) is 3. The van der Waals surface area contributed by atoms with E-state index < -0.39 is 0 Å². The fourth-order valence-corrected chi connectivity index (χ4v) is 2.88. The summed E-state index contributed by atoms with van der Waals surface area (Å²) in [5.41, 5.74) is 0.540. The second kappa shape index (κ2) is 8.39. The van der Waals surface area contributed by atoms with Crippen molar-refractivity contribution in [1.29, 1.82) is 0 Å². The van der Waals surface area contributed by atoms with E-state index in [0.717, 1.165) is 17.3 Å². The summed E-state index contributed by atoms with van der Waals surface area (Å²) >= 11 is 3.40. The molecule has 1 aromatic rings. The monoisotopic (exact) mass is 355 g/mol. The minimum Gasteiger partial charge on any atom is -0.490 e. The summed E-state index contributed by atoms with van der Waals surface area (Å²) in [4.78, 5) is 11.8. The van der Waals surface area contributed by atoms with Gasteiger partial charge in [-0.1, -0.05) is 35.2 Å². The average Bonchev–Trinajstić information content (AvgIpc) is 2.52. The first-order valence-corrected chi connectivity index (χ1v) is 8.26. The number of amides is 1. The first-order chi connectivity index (χ1) is 10.2. The van der Waals surface area contributed by atoms with Crippen molar-refractivity contribution >= 4 is 21.8 Å². The minimum atomic E-state index is -0.148. The van der Waals surface area contributed by atoms with E-state index in [0.29, 0.717) is 30.6 Å². The van der Waals surface area contributed by atoms with Crippen LogP contribution >= 0.6 is 15.9 Å². The van der Waals surface area contributed by atoms with Crippen LogP contribution in [0.15, 0.2) is 22.7 Å². The highest BCUT2D eigenvalue weighted by atomic mass is 79.9. The Labute approximate surface area is 134 Å². The van der Waals surface area contributed by atoms with Gasteiger partial charge in [-0.05, 0) is 31.0 Å². The number of hydrogen-bond donors (Lipinski definition) is 1. The molecular weight excluding hydrogens is 334 g/mol. The third kappa shape index (κ3) is 5.00. The molecule has 1 saturated carbocycles. The van der Waals surface area contributed by atoms with E-state index in [9.17, 15) is 4.79 Å². The fraction of sp³-hybridized carbons (Fsp3) is 0.562. The van der Waals surface area contributed by atoms with Gasteiger partial charge in [-0.2, -0.15) is 0 Å². The zero-order valence-corrected chi connectivity index (χ0v) is 13.9. The number of carbonyl (C=O) groups is 1.